The number of hydrogen-bond acceptors (Lipinski definition) is 6. The molecule has 0 saturated heterocycles. The Morgan fingerprint density at radius 2 is 1.94 bits per heavy atom. The number of nitrogens with zero attached hydrogens (tertiary/aromatic N) is 4. The summed E-state index contributed by atoms with van der Waals surface area (Å²) in [7, 11) is 1.85. The van der Waals surface area contributed by atoms with Crippen LogP contribution in [0.3, 0.4) is 0 Å². The second-order valence-electron chi connectivity index (χ2n) is 8.41. The first-order chi connectivity index (χ1) is 17.1. The Morgan fingerprint density at radius 1 is 1.14 bits per heavy atom. The molecule has 0 fully saturated rings. The molecule has 1 aliphatic heterocycles. The number of aromatic nitrogens is 3. The average Bonchev–Trinajstić information content (AvgIpc) is 3.33. The molecule has 174 valence electrons. The number of carbonyl (C=O) groups is 1. The highest BCUT2D eigenvalue weighted by molar-refractivity contribution is 5.98. The van der Waals surface area contributed by atoms with Gasteiger partial charge in [0.15, 0.2) is 6.10 Å². The Bertz CT molecular complexity index is 1380. The predicted molar refractivity (Wildman–Crippen MR) is 132 cm³/mol. The number of ether oxygens (including phenoxy) is 1. The fourth-order valence-electron chi connectivity index (χ4n) is 4.14. The van der Waals surface area contributed by atoms with Crippen LogP contribution < -0.4 is 15.4 Å². The van der Waals surface area contributed by atoms with Gasteiger partial charge in [-0.15, -0.1) is 0 Å². The van der Waals surface area contributed by atoms with E-state index in [4.69, 9.17) is 10.00 Å². The summed E-state index contributed by atoms with van der Waals surface area (Å²) >= 11 is 0. The Morgan fingerprint density at radius 3 is 2.66 bits per heavy atom. The number of benzene rings is 2. The van der Waals surface area contributed by atoms with E-state index in [9.17, 15) is 4.79 Å². The molecule has 2 atom stereocenters. The van der Waals surface area contributed by atoms with Gasteiger partial charge in [-0.05, 0) is 42.3 Å². The van der Waals surface area contributed by atoms with Crippen LogP contribution in [0.2, 0.25) is 0 Å². The van der Waals surface area contributed by atoms with Gasteiger partial charge >= 0.3 is 0 Å². The van der Waals surface area contributed by atoms with Gasteiger partial charge in [0.1, 0.15) is 5.69 Å². The van der Waals surface area contributed by atoms with E-state index in [-0.39, 0.29) is 11.9 Å². The third-order valence-corrected chi connectivity index (χ3v) is 5.97. The van der Waals surface area contributed by atoms with Crippen molar-refractivity contribution in [3.63, 3.8) is 0 Å². The van der Waals surface area contributed by atoms with Crippen LogP contribution >= 0.6 is 0 Å². The molecule has 2 N–H and O–H groups in total. The molecule has 0 spiro atoms. The number of hydrogen-bond donors (Lipinski definition) is 2. The van der Waals surface area contributed by atoms with Crippen molar-refractivity contribution in [2.24, 2.45) is 7.05 Å². The maximum absolute atomic E-state index is 13.2. The second-order valence-corrected chi connectivity index (χ2v) is 8.41. The molecular formula is C27H24N6O2. The number of carbonyl (C=O) groups excluding carboxylic acids is 1. The van der Waals surface area contributed by atoms with Crippen molar-refractivity contribution in [3.8, 4) is 23.1 Å². The molecule has 1 amide bonds. The van der Waals surface area contributed by atoms with Crippen molar-refractivity contribution in [1.29, 1.82) is 5.26 Å². The average molecular weight is 465 g/mol. The molecule has 3 heterocycles. The van der Waals surface area contributed by atoms with Crippen molar-refractivity contribution in [3.05, 3.63) is 95.9 Å². The summed E-state index contributed by atoms with van der Waals surface area (Å²) in [4.78, 5) is 17.7. The summed E-state index contributed by atoms with van der Waals surface area (Å²) < 4.78 is 7.86. The summed E-state index contributed by atoms with van der Waals surface area (Å²) in [5.74, 6) is 0.152. The minimum absolute atomic E-state index is 0.234. The molecule has 35 heavy (non-hydrogen) atoms. The van der Waals surface area contributed by atoms with Gasteiger partial charge in [0.25, 0.3) is 5.91 Å². The van der Waals surface area contributed by atoms with Crippen LogP contribution in [0.25, 0.3) is 11.1 Å². The first-order valence-corrected chi connectivity index (χ1v) is 11.3. The van der Waals surface area contributed by atoms with Crippen LogP contribution in [-0.4, -0.2) is 33.3 Å². The number of aryl methyl sites for hydroxylation is 1. The van der Waals surface area contributed by atoms with Gasteiger partial charge in [0, 0.05) is 30.6 Å². The molecule has 0 radical (unpaired) electrons. The van der Waals surface area contributed by atoms with Gasteiger partial charge < -0.3 is 15.4 Å². The van der Waals surface area contributed by atoms with Crippen LogP contribution in [0.5, 0.6) is 5.88 Å². The molecule has 8 heteroatoms. The Labute approximate surface area is 203 Å². The van der Waals surface area contributed by atoms with Gasteiger partial charge in [-0.25, -0.2) is 4.98 Å². The summed E-state index contributed by atoms with van der Waals surface area (Å²) in [6, 6.07) is 20.9. The lowest BCUT2D eigenvalue weighted by Crippen LogP contribution is -2.47. The Kier molecular flexibility index (Phi) is 6.24. The third kappa shape index (κ3) is 4.90. The molecular weight excluding hydrogens is 440 g/mol. The maximum atomic E-state index is 13.2. The first kappa shape index (κ1) is 22.3. The largest absolute Gasteiger partial charge is 0.461 e. The summed E-state index contributed by atoms with van der Waals surface area (Å²) in [6.07, 6.45) is 5.32. The predicted octanol–water partition coefficient (Wildman–Crippen LogP) is 3.63. The number of amides is 1. The van der Waals surface area contributed by atoms with Crippen molar-refractivity contribution < 1.29 is 9.53 Å². The summed E-state index contributed by atoms with van der Waals surface area (Å²) in [5, 5.41) is 19.7. The quantitative estimate of drug-likeness (QED) is 0.433. The van der Waals surface area contributed by atoms with Gasteiger partial charge in [0.2, 0.25) is 5.88 Å². The van der Waals surface area contributed by atoms with Crippen LogP contribution in [0.4, 0.5) is 5.69 Å². The highest BCUT2D eigenvalue weighted by atomic mass is 16.5. The van der Waals surface area contributed by atoms with E-state index in [1.807, 2.05) is 73.9 Å². The topological polar surface area (TPSA) is 105 Å². The smallest absolute Gasteiger partial charge is 0.267 e. The van der Waals surface area contributed by atoms with E-state index >= 15 is 0 Å². The monoisotopic (exact) mass is 464 g/mol. The molecule has 1 aliphatic rings. The lowest BCUT2D eigenvalue weighted by Gasteiger charge is -2.32. The fourth-order valence-corrected chi connectivity index (χ4v) is 4.14. The zero-order valence-corrected chi connectivity index (χ0v) is 19.2. The van der Waals surface area contributed by atoms with E-state index in [2.05, 4.69) is 26.8 Å². The van der Waals surface area contributed by atoms with Crippen molar-refractivity contribution in [2.45, 2.75) is 18.6 Å². The minimum Gasteiger partial charge on any atom is -0.461 e. The number of rotatable bonds is 7. The van der Waals surface area contributed by atoms with Crippen LogP contribution in [0.1, 0.15) is 22.7 Å². The summed E-state index contributed by atoms with van der Waals surface area (Å²) in [6.45, 7) is 0.624. The van der Waals surface area contributed by atoms with E-state index in [1.54, 1.807) is 17.1 Å². The molecule has 0 saturated carbocycles. The maximum Gasteiger partial charge on any atom is 0.267 e. The number of anilines is 1. The molecule has 8 nitrogen and oxygen atoms in total. The van der Waals surface area contributed by atoms with Crippen molar-refractivity contribution in [1.82, 2.24) is 20.1 Å². The minimum atomic E-state index is -0.789. The molecule has 0 unspecified atom stereocenters. The van der Waals surface area contributed by atoms with Crippen LogP contribution in [-0.2, 0) is 18.3 Å². The van der Waals surface area contributed by atoms with Gasteiger partial charge in [-0.2, -0.15) is 10.4 Å². The SMILES string of the molecule is Cn1cc(-c2cnc3c(c2)NC(=O)[C@H]([C@H](NCCc2ccc(C#N)cc2)c2ccccc2)O3)cn1. The number of nitrogens with one attached hydrogen (secondary N) is 2. The number of pyridine rings is 1. The van der Waals surface area contributed by atoms with Gasteiger partial charge in [0.05, 0.1) is 23.9 Å². The highest BCUT2D eigenvalue weighted by Crippen LogP contribution is 2.34. The first-order valence-electron chi connectivity index (χ1n) is 11.3. The standard InChI is InChI=1S/C27H24N6O2/c1-33-17-22(16-31-33)21-13-23-27(30-15-21)35-25(26(34)32-23)24(20-5-3-2-4-6-20)29-12-11-18-7-9-19(14-28)10-8-18/h2-10,13,15-17,24-25,29H,11-12H2,1H3,(H,32,34)/t24-,25+/m1/s1. The summed E-state index contributed by atoms with van der Waals surface area (Å²) in [5.41, 5.74) is 4.98. The van der Waals surface area contributed by atoms with E-state index in [1.165, 1.54) is 0 Å². The molecule has 0 aliphatic carbocycles. The van der Waals surface area contributed by atoms with Gasteiger partial charge in [-0.1, -0.05) is 42.5 Å². The van der Waals surface area contributed by atoms with Crippen molar-refractivity contribution >= 4 is 11.6 Å². The normalized spacial score (nSPS) is 15.4. The third-order valence-electron chi connectivity index (χ3n) is 5.97. The Hall–Kier alpha value is -4.48. The van der Waals surface area contributed by atoms with E-state index in [0.29, 0.717) is 23.7 Å². The van der Waals surface area contributed by atoms with Crippen molar-refractivity contribution in [2.75, 3.05) is 11.9 Å². The van der Waals surface area contributed by atoms with E-state index in [0.717, 1.165) is 28.7 Å². The zero-order valence-electron chi connectivity index (χ0n) is 19.2. The van der Waals surface area contributed by atoms with E-state index < -0.39 is 6.10 Å². The fraction of sp³-hybridized carbons (Fsp3) is 0.185. The second kappa shape index (κ2) is 9.79. The van der Waals surface area contributed by atoms with Crippen LogP contribution in [0.15, 0.2) is 79.3 Å². The number of nitriles is 1. The molecule has 5 rings (SSSR count). The Balaban J connectivity index is 1.35. The lowest BCUT2D eigenvalue weighted by molar-refractivity contribution is -0.125. The zero-order chi connectivity index (χ0) is 24.2. The molecule has 0 bridgehead atoms. The molecule has 4 aromatic rings. The highest BCUT2D eigenvalue weighted by Gasteiger charge is 2.36. The molecule has 2 aromatic carbocycles. The van der Waals surface area contributed by atoms with Crippen LogP contribution in [0, 0.1) is 11.3 Å². The van der Waals surface area contributed by atoms with Gasteiger partial charge in [-0.3, -0.25) is 9.48 Å². The molecule has 2 aromatic heterocycles. The number of fused-ring (bicyclic) bond motifs is 1. The lowest BCUT2D eigenvalue weighted by atomic mass is 9.99.